The number of nitrogens with zero attached hydrogens (tertiary/aromatic N) is 1. The zero-order chi connectivity index (χ0) is 29.6. The molecule has 41 heavy (non-hydrogen) atoms. The maximum Gasteiger partial charge on any atom is 0.306 e. The van der Waals surface area contributed by atoms with Gasteiger partial charge in [-0.25, -0.2) is 0 Å². The highest BCUT2D eigenvalue weighted by molar-refractivity contribution is 7.99. The summed E-state index contributed by atoms with van der Waals surface area (Å²) in [6, 6.07) is 0.426. The van der Waals surface area contributed by atoms with Crippen LogP contribution in [0.5, 0.6) is 0 Å². The molecule has 4 fully saturated rings. The maximum atomic E-state index is 12.8. The van der Waals surface area contributed by atoms with Crippen molar-refractivity contribution in [2.24, 2.45) is 34.5 Å². The molecule has 1 heterocycles. The Labute approximate surface area is 257 Å². The predicted molar refractivity (Wildman–Crippen MR) is 173 cm³/mol. The molecule has 0 aromatic heterocycles. The summed E-state index contributed by atoms with van der Waals surface area (Å²) in [5.41, 5.74) is 0.559. The molecule has 1 saturated heterocycles. The predicted octanol–water partition coefficient (Wildman–Crippen LogP) is 9.44. The fourth-order valence-electron chi connectivity index (χ4n) is 10.2. The summed E-state index contributed by atoms with van der Waals surface area (Å²) < 4.78 is 6.14. The van der Waals surface area contributed by atoms with Crippen molar-refractivity contribution < 1.29 is 14.3 Å². The molecule has 3 aliphatic carbocycles. The van der Waals surface area contributed by atoms with Crippen molar-refractivity contribution in [3.8, 4) is 0 Å². The second-order valence-electron chi connectivity index (χ2n) is 15.3. The van der Waals surface area contributed by atoms with Crippen molar-refractivity contribution >= 4 is 23.6 Å². The third-order valence-electron chi connectivity index (χ3n) is 12.5. The normalized spacial score (nSPS) is 35.6. The van der Waals surface area contributed by atoms with Crippen LogP contribution in [0.2, 0.25) is 0 Å². The van der Waals surface area contributed by atoms with E-state index in [-0.39, 0.29) is 22.9 Å². The Kier molecular flexibility index (Phi) is 12.0. The second-order valence-corrected chi connectivity index (χ2v) is 16.9. The van der Waals surface area contributed by atoms with Crippen LogP contribution < -0.4 is 0 Å². The molecule has 4 nitrogen and oxygen atoms in total. The summed E-state index contributed by atoms with van der Waals surface area (Å²) in [6.07, 6.45) is 21.4. The molecule has 2 unspecified atom stereocenters. The van der Waals surface area contributed by atoms with Gasteiger partial charge in [0.15, 0.2) is 0 Å². The Hall–Kier alpha value is -0.710. The van der Waals surface area contributed by atoms with E-state index in [0.29, 0.717) is 24.3 Å². The SMILES string of the molecule is CC(C)SCCCCCCCCCCCC(=O)OC(C)[C@H]1CC[C@H]2[C@@H]3CCC4N(C)C(=O)CC[C@]4(C)[C@H]3CC[C@]12C. The minimum absolute atomic E-state index is 0.0262. The lowest BCUT2D eigenvalue weighted by Crippen LogP contribution is -2.61. The van der Waals surface area contributed by atoms with Gasteiger partial charge in [0.2, 0.25) is 5.91 Å². The van der Waals surface area contributed by atoms with Crippen LogP contribution in [0.4, 0.5) is 0 Å². The lowest BCUT2D eigenvalue weighted by Gasteiger charge is -2.62. The van der Waals surface area contributed by atoms with E-state index in [0.717, 1.165) is 48.7 Å². The zero-order valence-electron chi connectivity index (χ0n) is 27.6. The number of amides is 1. The van der Waals surface area contributed by atoms with Gasteiger partial charge in [-0.15, -0.1) is 0 Å². The molecule has 3 saturated carbocycles. The van der Waals surface area contributed by atoms with Crippen molar-refractivity contribution in [1.82, 2.24) is 4.90 Å². The summed E-state index contributed by atoms with van der Waals surface area (Å²) in [4.78, 5) is 27.4. The van der Waals surface area contributed by atoms with E-state index in [1.165, 1.54) is 89.2 Å². The first-order chi connectivity index (χ1) is 19.6. The van der Waals surface area contributed by atoms with E-state index >= 15 is 0 Å². The number of rotatable bonds is 15. The molecule has 4 aliphatic rings. The van der Waals surface area contributed by atoms with E-state index in [9.17, 15) is 9.59 Å². The van der Waals surface area contributed by atoms with Crippen molar-refractivity contribution in [3.63, 3.8) is 0 Å². The van der Waals surface area contributed by atoms with E-state index in [4.69, 9.17) is 4.74 Å². The summed E-state index contributed by atoms with van der Waals surface area (Å²) in [5.74, 6) is 4.43. The standard InChI is InChI=1S/C36H63NO3S/c1-26(2)41-25-15-13-11-9-7-8-10-12-14-16-34(39)40-27(3)29-18-19-30-28-17-20-32-36(5,24-22-33(38)37(32)6)31(28)21-23-35(29,30)4/h26-32H,7-25H2,1-6H3/t27?,28-,29+,30-,31-,32?,35+,36+/m0/s1. The molecule has 1 amide bonds. The highest BCUT2D eigenvalue weighted by Crippen LogP contribution is 2.66. The van der Waals surface area contributed by atoms with Gasteiger partial charge in [-0.1, -0.05) is 72.6 Å². The van der Waals surface area contributed by atoms with Crippen LogP contribution in [0.3, 0.4) is 0 Å². The van der Waals surface area contributed by atoms with Crippen LogP contribution in [0.25, 0.3) is 0 Å². The largest absolute Gasteiger partial charge is 0.462 e. The third kappa shape index (κ3) is 7.69. The van der Waals surface area contributed by atoms with E-state index in [1.54, 1.807) is 0 Å². The van der Waals surface area contributed by atoms with Gasteiger partial charge in [-0.2, -0.15) is 11.8 Å². The number of carbonyl (C=O) groups is 2. The van der Waals surface area contributed by atoms with Gasteiger partial charge in [-0.3, -0.25) is 9.59 Å². The Balaban J connectivity index is 1.14. The van der Waals surface area contributed by atoms with E-state index in [1.807, 2.05) is 0 Å². The third-order valence-corrected chi connectivity index (χ3v) is 13.7. The van der Waals surface area contributed by atoms with Gasteiger partial charge in [0, 0.05) is 31.8 Å². The number of hydrogen-bond acceptors (Lipinski definition) is 4. The molecule has 8 atom stereocenters. The molecule has 0 spiro atoms. The molecule has 4 rings (SSSR count). The van der Waals surface area contributed by atoms with Gasteiger partial charge in [-0.05, 0) is 104 Å². The van der Waals surface area contributed by atoms with Gasteiger partial charge >= 0.3 is 5.97 Å². The average molecular weight is 590 g/mol. The minimum Gasteiger partial charge on any atom is -0.462 e. The fourth-order valence-corrected chi connectivity index (χ4v) is 11.1. The van der Waals surface area contributed by atoms with Crippen molar-refractivity contribution in [3.05, 3.63) is 0 Å². The number of carbonyl (C=O) groups excluding carboxylic acids is 2. The van der Waals surface area contributed by atoms with Crippen LogP contribution in [0.15, 0.2) is 0 Å². The highest BCUT2D eigenvalue weighted by atomic mass is 32.2. The van der Waals surface area contributed by atoms with Crippen LogP contribution in [-0.4, -0.2) is 47.0 Å². The highest BCUT2D eigenvalue weighted by Gasteiger charge is 2.61. The number of hydrogen-bond donors (Lipinski definition) is 0. The van der Waals surface area contributed by atoms with Crippen LogP contribution in [0.1, 0.15) is 150 Å². The molecule has 236 valence electrons. The molecule has 0 aromatic rings. The summed E-state index contributed by atoms with van der Waals surface area (Å²) >= 11 is 2.09. The summed E-state index contributed by atoms with van der Waals surface area (Å²) in [5, 5.41) is 0.766. The summed E-state index contributed by atoms with van der Waals surface area (Å²) in [6.45, 7) is 11.8. The number of piperidine rings is 1. The zero-order valence-corrected chi connectivity index (χ0v) is 28.4. The number of fused-ring (bicyclic) bond motifs is 5. The van der Waals surface area contributed by atoms with Gasteiger partial charge in [0.05, 0.1) is 0 Å². The average Bonchev–Trinajstić information content (AvgIpc) is 3.29. The molecule has 5 heteroatoms. The fraction of sp³-hybridized carbons (Fsp3) is 0.944. The number of likely N-dealkylation sites (tertiary alicyclic amines) is 1. The molecular formula is C36H63NO3S. The van der Waals surface area contributed by atoms with Crippen LogP contribution in [0, 0.1) is 34.5 Å². The van der Waals surface area contributed by atoms with Gasteiger partial charge in [0.1, 0.15) is 6.10 Å². The van der Waals surface area contributed by atoms with Crippen molar-refractivity contribution in [1.29, 1.82) is 0 Å². The smallest absolute Gasteiger partial charge is 0.306 e. The molecule has 0 aromatic carbocycles. The Morgan fingerprint density at radius 2 is 1.49 bits per heavy atom. The number of thioether (sulfide) groups is 1. The van der Waals surface area contributed by atoms with Gasteiger partial charge in [0.25, 0.3) is 0 Å². The lowest BCUT2D eigenvalue weighted by atomic mass is 9.46. The molecule has 0 N–H and O–H groups in total. The minimum atomic E-state index is 0.0262. The quantitative estimate of drug-likeness (QED) is 0.141. The number of ether oxygens (including phenoxy) is 1. The molecule has 1 aliphatic heterocycles. The summed E-state index contributed by atoms with van der Waals surface area (Å²) in [7, 11) is 2.05. The first-order valence-electron chi connectivity index (χ1n) is 17.6. The monoisotopic (exact) mass is 589 g/mol. The maximum absolute atomic E-state index is 12.8. The second kappa shape index (κ2) is 14.8. The molecule has 0 radical (unpaired) electrons. The Morgan fingerprint density at radius 3 is 2.17 bits per heavy atom. The molecular weight excluding hydrogens is 526 g/mol. The number of unbranched alkanes of at least 4 members (excludes halogenated alkanes) is 8. The molecule has 0 bridgehead atoms. The van der Waals surface area contributed by atoms with Crippen LogP contribution in [-0.2, 0) is 14.3 Å². The first kappa shape index (κ1) is 33.2. The van der Waals surface area contributed by atoms with Crippen molar-refractivity contribution in [2.75, 3.05) is 12.8 Å². The van der Waals surface area contributed by atoms with Gasteiger partial charge < -0.3 is 9.64 Å². The number of esters is 1. The topological polar surface area (TPSA) is 46.6 Å². The lowest BCUT2D eigenvalue weighted by molar-refractivity contribution is -0.164. The van der Waals surface area contributed by atoms with Crippen molar-refractivity contribution in [2.45, 2.75) is 168 Å². The Bertz CT molecular complexity index is 862. The Morgan fingerprint density at radius 1 is 0.854 bits per heavy atom. The van der Waals surface area contributed by atoms with E-state index < -0.39 is 0 Å². The van der Waals surface area contributed by atoms with E-state index in [2.05, 4.69) is 58.3 Å². The first-order valence-corrected chi connectivity index (χ1v) is 18.7. The van der Waals surface area contributed by atoms with Crippen LogP contribution >= 0.6 is 11.8 Å².